The van der Waals surface area contributed by atoms with Crippen LogP contribution in [0.25, 0.3) is 11.1 Å². The molecule has 0 amide bonds. The van der Waals surface area contributed by atoms with Crippen LogP contribution >= 0.6 is 0 Å². The summed E-state index contributed by atoms with van der Waals surface area (Å²) in [6.07, 6.45) is 8.84. The normalized spacial score (nSPS) is 21.2. The zero-order valence-corrected chi connectivity index (χ0v) is 14.7. The Morgan fingerprint density at radius 3 is 2.27 bits per heavy atom. The molecule has 0 saturated heterocycles. The Morgan fingerprint density at radius 2 is 1.54 bits per heavy atom. The molecule has 1 aromatic heterocycles. The Balaban J connectivity index is 1.85. The molecule has 3 aromatic rings. The van der Waals surface area contributed by atoms with E-state index in [0.717, 1.165) is 0 Å². The van der Waals surface area contributed by atoms with Gasteiger partial charge in [-0.05, 0) is 29.7 Å². The Bertz CT molecular complexity index is 1040. The summed E-state index contributed by atoms with van der Waals surface area (Å²) < 4.78 is 2.19. The molecule has 26 heavy (non-hydrogen) atoms. The van der Waals surface area contributed by atoms with Gasteiger partial charge in [0.05, 0.1) is 11.7 Å². The van der Waals surface area contributed by atoms with E-state index >= 15 is 0 Å². The van der Waals surface area contributed by atoms with Gasteiger partial charge in [0.1, 0.15) is 0 Å². The summed E-state index contributed by atoms with van der Waals surface area (Å²) in [5.74, 6) is 0.281. The van der Waals surface area contributed by atoms with Crippen LogP contribution in [0.1, 0.15) is 29.8 Å². The number of aromatic nitrogens is 2. The van der Waals surface area contributed by atoms with Crippen molar-refractivity contribution in [2.45, 2.75) is 13.0 Å². The van der Waals surface area contributed by atoms with E-state index in [9.17, 15) is 0 Å². The molecule has 2 atom stereocenters. The number of hydrogen-bond donors (Lipinski definition) is 0. The van der Waals surface area contributed by atoms with Gasteiger partial charge < -0.3 is 0 Å². The van der Waals surface area contributed by atoms with Gasteiger partial charge in [0.15, 0.2) is 0 Å². The fraction of sp³-hybridized carbons (Fsp3) is 0.125. The van der Waals surface area contributed by atoms with E-state index in [1.165, 1.54) is 33.5 Å². The molecule has 2 unspecified atom stereocenters. The summed E-state index contributed by atoms with van der Waals surface area (Å²) in [6, 6.07) is 23.8. The fourth-order valence-electron chi connectivity index (χ4n) is 4.20. The molecule has 0 bridgehead atoms. The molecule has 2 heteroatoms. The first-order valence-electron chi connectivity index (χ1n) is 9.08. The molecule has 0 radical (unpaired) electrons. The van der Waals surface area contributed by atoms with E-state index in [0.29, 0.717) is 0 Å². The maximum absolute atomic E-state index is 4.68. The minimum Gasteiger partial charge on any atom is -0.257 e. The van der Waals surface area contributed by atoms with Crippen LogP contribution in [0.4, 0.5) is 0 Å². The maximum atomic E-state index is 4.68. The molecule has 0 saturated carbocycles. The van der Waals surface area contributed by atoms with E-state index in [1.807, 2.05) is 6.20 Å². The van der Waals surface area contributed by atoms with Gasteiger partial charge in [-0.3, -0.25) is 4.68 Å². The Morgan fingerprint density at radius 1 is 0.846 bits per heavy atom. The highest BCUT2D eigenvalue weighted by atomic mass is 15.3. The standard InChI is InChI=1S/C24H20N2/c1-17-12-13-20-22(16-17)26-21(14-15-25-26)24(19-10-6-3-7-11-19)23(20)18-8-4-2-5-9-18/h2-16,20,22H,1H3. The van der Waals surface area contributed by atoms with Crippen LogP contribution in [0.3, 0.4) is 0 Å². The topological polar surface area (TPSA) is 17.8 Å². The number of hydrogen-bond acceptors (Lipinski definition) is 1. The van der Waals surface area contributed by atoms with E-state index in [4.69, 9.17) is 0 Å². The van der Waals surface area contributed by atoms with Gasteiger partial charge in [-0.15, -0.1) is 0 Å². The fourth-order valence-corrected chi connectivity index (χ4v) is 4.20. The third-order valence-electron chi connectivity index (χ3n) is 5.33. The minimum atomic E-state index is 0.229. The average molecular weight is 336 g/mol. The molecule has 1 aliphatic heterocycles. The largest absolute Gasteiger partial charge is 0.257 e. The number of allylic oxidation sites excluding steroid dienone is 5. The lowest BCUT2D eigenvalue weighted by Crippen LogP contribution is -2.27. The van der Waals surface area contributed by atoms with Gasteiger partial charge in [-0.2, -0.15) is 5.10 Å². The lowest BCUT2D eigenvalue weighted by atomic mass is 9.76. The van der Waals surface area contributed by atoms with Crippen molar-refractivity contribution in [1.29, 1.82) is 0 Å². The first-order chi connectivity index (χ1) is 12.8. The molecule has 2 aromatic carbocycles. The van der Waals surface area contributed by atoms with Gasteiger partial charge in [0, 0.05) is 17.7 Å². The highest BCUT2D eigenvalue weighted by Crippen LogP contribution is 2.48. The van der Waals surface area contributed by atoms with Crippen LogP contribution in [-0.4, -0.2) is 9.78 Å². The van der Waals surface area contributed by atoms with E-state index in [2.05, 4.69) is 102 Å². The van der Waals surface area contributed by atoms with Crippen LogP contribution in [0, 0.1) is 5.92 Å². The summed E-state index contributed by atoms with van der Waals surface area (Å²) in [4.78, 5) is 0. The van der Waals surface area contributed by atoms with E-state index in [-0.39, 0.29) is 12.0 Å². The van der Waals surface area contributed by atoms with Gasteiger partial charge in [0.25, 0.3) is 0 Å². The highest BCUT2D eigenvalue weighted by molar-refractivity contribution is 6.00. The molecule has 2 aliphatic rings. The summed E-state index contributed by atoms with van der Waals surface area (Å²) >= 11 is 0. The first-order valence-corrected chi connectivity index (χ1v) is 9.08. The third-order valence-corrected chi connectivity index (χ3v) is 5.33. The second kappa shape index (κ2) is 5.99. The SMILES string of the molecule is CC1=CC2C(C=C1)C(c1ccccc1)=C(c1ccccc1)c1ccnn12. The third kappa shape index (κ3) is 2.30. The van der Waals surface area contributed by atoms with Crippen molar-refractivity contribution in [3.8, 4) is 0 Å². The number of nitrogens with zero attached hydrogens (tertiary/aromatic N) is 2. The molecular formula is C24H20N2. The predicted octanol–water partition coefficient (Wildman–Crippen LogP) is 5.53. The molecule has 2 nitrogen and oxygen atoms in total. The van der Waals surface area contributed by atoms with Crippen molar-refractivity contribution in [3.05, 3.63) is 114 Å². The smallest absolute Gasteiger partial charge is 0.0815 e. The maximum Gasteiger partial charge on any atom is 0.0815 e. The van der Waals surface area contributed by atoms with E-state index in [1.54, 1.807) is 0 Å². The van der Waals surface area contributed by atoms with Crippen molar-refractivity contribution in [3.63, 3.8) is 0 Å². The van der Waals surface area contributed by atoms with Crippen molar-refractivity contribution < 1.29 is 0 Å². The van der Waals surface area contributed by atoms with Gasteiger partial charge in [-0.25, -0.2) is 0 Å². The van der Waals surface area contributed by atoms with Crippen LogP contribution in [0.2, 0.25) is 0 Å². The van der Waals surface area contributed by atoms with E-state index < -0.39 is 0 Å². The zero-order chi connectivity index (χ0) is 17.5. The van der Waals surface area contributed by atoms with Gasteiger partial charge in [0.2, 0.25) is 0 Å². The molecule has 0 spiro atoms. The summed E-state index contributed by atoms with van der Waals surface area (Å²) in [7, 11) is 0. The first kappa shape index (κ1) is 15.2. The lowest BCUT2D eigenvalue weighted by molar-refractivity contribution is 0.467. The summed E-state index contributed by atoms with van der Waals surface area (Å²) in [6.45, 7) is 2.16. The quantitative estimate of drug-likeness (QED) is 0.602. The van der Waals surface area contributed by atoms with Crippen molar-refractivity contribution in [2.24, 2.45) is 5.92 Å². The van der Waals surface area contributed by atoms with Crippen molar-refractivity contribution in [2.75, 3.05) is 0 Å². The van der Waals surface area contributed by atoms with Crippen LogP contribution in [0.5, 0.6) is 0 Å². The zero-order valence-electron chi connectivity index (χ0n) is 14.7. The Hall–Kier alpha value is -3.13. The van der Waals surface area contributed by atoms with Crippen LogP contribution < -0.4 is 0 Å². The Labute approximate surface area is 153 Å². The molecule has 126 valence electrons. The molecule has 0 fully saturated rings. The Kier molecular flexibility index (Phi) is 3.49. The minimum absolute atomic E-state index is 0.229. The predicted molar refractivity (Wildman–Crippen MR) is 106 cm³/mol. The second-order valence-electron chi connectivity index (χ2n) is 6.97. The molecular weight excluding hydrogens is 316 g/mol. The molecule has 2 heterocycles. The molecule has 0 N–H and O–H groups in total. The molecule has 5 rings (SSSR count). The summed E-state index contributed by atoms with van der Waals surface area (Å²) in [5.41, 5.74) is 7.68. The summed E-state index contributed by atoms with van der Waals surface area (Å²) in [5, 5.41) is 4.68. The second-order valence-corrected chi connectivity index (χ2v) is 6.97. The van der Waals surface area contributed by atoms with Gasteiger partial charge >= 0.3 is 0 Å². The van der Waals surface area contributed by atoms with Gasteiger partial charge in [-0.1, -0.05) is 84.5 Å². The highest BCUT2D eigenvalue weighted by Gasteiger charge is 2.35. The lowest BCUT2D eigenvalue weighted by Gasteiger charge is -2.36. The number of benzene rings is 2. The monoisotopic (exact) mass is 336 g/mol. The average Bonchev–Trinajstić information content (AvgIpc) is 3.18. The van der Waals surface area contributed by atoms with Crippen LogP contribution in [0.15, 0.2) is 96.7 Å². The number of fused-ring (bicyclic) bond motifs is 3. The van der Waals surface area contributed by atoms with Crippen LogP contribution in [-0.2, 0) is 0 Å². The van der Waals surface area contributed by atoms with Crippen molar-refractivity contribution in [1.82, 2.24) is 9.78 Å². The number of rotatable bonds is 2. The van der Waals surface area contributed by atoms with Crippen molar-refractivity contribution >= 4 is 11.1 Å². The molecule has 1 aliphatic carbocycles.